The van der Waals surface area contributed by atoms with Gasteiger partial charge in [0.1, 0.15) is 0 Å². The van der Waals surface area contributed by atoms with Crippen LogP contribution in [-0.2, 0) is 32.7 Å². The molecular formula is N3O6Y. The molecule has 0 spiro atoms. The monoisotopic (exact) mass is 227 g/mol. The van der Waals surface area contributed by atoms with Gasteiger partial charge in [-0.1, -0.05) is 0 Å². The molecule has 0 aromatic carbocycles. The molecule has 0 rings (SSSR count). The second kappa shape index (κ2) is 83.5. The molecular weight excluding hydrogens is 227 g/mol. The van der Waals surface area contributed by atoms with Gasteiger partial charge in [-0.25, -0.2) is 0 Å². The molecule has 0 amide bonds. The molecule has 0 bridgehead atoms. The van der Waals surface area contributed by atoms with Crippen molar-refractivity contribution in [2.24, 2.45) is 16.0 Å². The van der Waals surface area contributed by atoms with E-state index in [1.54, 1.807) is 0 Å². The van der Waals surface area contributed by atoms with Gasteiger partial charge in [-0.2, -0.15) is 0 Å². The van der Waals surface area contributed by atoms with Crippen molar-refractivity contribution in [2.45, 2.75) is 0 Å². The summed E-state index contributed by atoms with van der Waals surface area (Å²) < 4.78 is 0. The molecule has 0 fully saturated rings. The molecule has 0 saturated heterocycles. The van der Waals surface area contributed by atoms with Crippen LogP contribution in [0.25, 0.3) is 0 Å². The van der Waals surface area contributed by atoms with Gasteiger partial charge >= 0.3 is 32.7 Å². The molecule has 0 aliphatic heterocycles. The van der Waals surface area contributed by atoms with Crippen LogP contribution < -0.4 is 0 Å². The zero-order valence-electron chi connectivity index (χ0n) is 4.37. The quantitative estimate of drug-likeness (QED) is 0.438. The van der Waals surface area contributed by atoms with Crippen LogP contribution in [0.3, 0.4) is 0 Å². The normalized spacial score (nSPS) is 3.60. The van der Waals surface area contributed by atoms with Gasteiger partial charge in [-0.15, -0.1) is 16.0 Å². The molecule has 0 unspecified atom stereocenters. The van der Waals surface area contributed by atoms with Gasteiger partial charge in [0.25, 0.3) is 0 Å². The third kappa shape index (κ3) is 599. The van der Waals surface area contributed by atoms with Gasteiger partial charge in [-0.3, -0.25) is 0 Å². The molecule has 0 aliphatic rings. The second-order valence-electron chi connectivity index (χ2n) is 0.224. The summed E-state index contributed by atoms with van der Waals surface area (Å²) in [5, 5.41) is 27.0. The first-order chi connectivity index (χ1) is 4.24. The molecule has 10 heteroatoms. The molecule has 0 aromatic rings. The molecule has 9 nitrogen and oxygen atoms in total. The molecule has 0 aliphatic carbocycles. The maximum atomic E-state index is 8.00. The SMILES string of the molecule is O=N[O-].O=N[O-].O=N[O-].[Y+3]. The minimum Gasteiger partial charge on any atom is -0.444 e. The van der Waals surface area contributed by atoms with Gasteiger partial charge in [0.2, 0.25) is 0 Å². The zero-order chi connectivity index (χ0) is 8.12. The van der Waals surface area contributed by atoms with E-state index in [4.69, 9.17) is 30.3 Å². The van der Waals surface area contributed by atoms with E-state index < -0.39 is 0 Å². The standard InChI is InChI=1S/3HNO2.Y/c3*2-1-3;/h3*(H,2,3);/q;;;+3/p-3. The summed E-state index contributed by atoms with van der Waals surface area (Å²) >= 11 is 0. The number of nitrogens with zero attached hydrogens (tertiary/aromatic N) is 3. The van der Waals surface area contributed by atoms with Gasteiger partial charge in [0, 0.05) is 0 Å². The fourth-order valence-electron chi connectivity index (χ4n) is 0. The van der Waals surface area contributed by atoms with Crippen LogP contribution in [0.1, 0.15) is 0 Å². The van der Waals surface area contributed by atoms with Crippen molar-refractivity contribution in [2.75, 3.05) is 0 Å². The molecule has 0 saturated carbocycles. The third-order valence-corrected chi connectivity index (χ3v) is 0. The number of rotatable bonds is 0. The number of hydrogen-bond donors (Lipinski definition) is 0. The minimum absolute atomic E-state index is 0. The summed E-state index contributed by atoms with van der Waals surface area (Å²) in [7, 11) is 0. The second-order valence-corrected chi connectivity index (χ2v) is 0.224. The van der Waals surface area contributed by atoms with E-state index in [1.165, 1.54) is 0 Å². The first kappa shape index (κ1) is 22.8. The first-order valence-electron chi connectivity index (χ1n) is 1.10. The fraction of sp³-hybridized carbons (Fsp3) is 0. The third-order valence-electron chi connectivity index (χ3n) is 0. The summed E-state index contributed by atoms with van der Waals surface area (Å²) in [6.45, 7) is 0. The van der Waals surface area contributed by atoms with Gasteiger partial charge in [-0.05, 0) is 0 Å². The Morgan fingerprint density at radius 2 is 0.700 bits per heavy atom. The zero-order valence-corrected chi connectivity index (χ0v) is 7.21. The van der Waals surface area contributed by atoms with E-state index in [1.807, 2.05) is 0 Å². The van der Waals surface area contributed by atoms with Crippen LogP contribution in [0.4, 0.5) is 0 Å². The molecule has 0 atom stereocenters. The average molecular weight is 227 g/mol. The Balaban J connectivity index is -0.0000000257. The Bertz CT molecular complexity index is 49.7. The molecule has 54 valence electrons. The van der Waals surface area contributed by atoms with E-state index in [-0.39, 0.29) is 32.7 Å². The van der Waals surface area contributed by atoms with Gasteiger partial charge < -0.3 is 30.3 Å². The van der Waals surface area contributed by atoms with Crippen LogP contribution in [0.15, 0.2) is 16.0 Å². The van der Waals surface area contributed by atoms with Crippen LogP contribution in [-0.4, -0.2) is 0 Å². The molecule has 10 heavy (non-hydrogen) atoms. The summed E-state index contributed by atoms with van der Waals surface area (Å²) in [5.74, 6) is 0. The van der Waals surface area contributed by atoms with Crippen LogP contribution in [0, 0.1) is 30.3 Å². The van der Waals surface area contributed by atoms with E-state index in [0.717, 1.165) is 16.0 Å². The molecule has 0 aromatic heterocycles. The summed E-state index contributed by atoms with van der Waals surface area (Å²) in [5.41, 5.74) is 0. The van der Waals surface area contributed by atoms with Gasteiger partial charge in [0.15, 0.2) is 0 Å². The van der Waals surface area contributed by atoms with Crippen LogP contribution in [0.2, 0.25) is 0 Å². The fourth-order valence-corrected chi connectivity index (χ4v) is 0. The summed E-state index contributed by atoms with van der Waals surface area (Å²) in [6, 6.07) is 0. The number of hydrogen-bond acceptors (Lipinski definition) is 9. The maximum absolute atomic E-state index is 8.00. The Morgan fingerprint density at radius 3 is 0.700 bits per heavy atom. The van der Waals surface area contributed by atoms with E-state index in [2.05, 4.69) is 0 Å². The largest absolute Gasteiger partial charge is 3.00 e. The molecule has 0 radical (unpaired) electrons. The summed E-state index contributed by atoms with van der Waals surface area (Å²) in [6.07, 6.45) is 0. The Morgan fingerprint density at radius 1 is 0.700 bits per heavy atom. The van der Waals surface area contributed by atoms with Crippen molar-refractivity contribution in [1.82, 2.24) is 0 Å². The van der Waals surface area contributed by atoms with E-state index >= 15 is 0 Å². The Kier molecular flexibility index (Phi) is 190. The molecule has 0 heterocycles. The predicted octanol–water partition coefficient (Wildman–Crippen LogP) is 0.749. The van der Waals surface area contributed by atoms with Gasteiger partial charge in [0.05, 0.1) is 0 Å². The van der Waals surface area contributed by atoms with Crippen molar-refractivity contribution in [3.63, 3.8) is 0 Å². The Hall–Kier alpha value is -0.696. The van der Waals surface area contributed by atoms with Crippen LogP contribution >= 0.6 is 0 Å². The van der Waals surface area contributed by atoms with Crippen molar-refractivity contribution >= 4 is 0 Å². The van der Waals surface area contributed by atoms with Crippen molar-refractivity contribution < 1.29 is 32.7 Å². The van der Waals surface area contributed by atoms with E-state index in [9.17, 15) is 0 Å². The van der Waals surface area contributed by atoms with Crippen molar-refractivity contribution in [3.05, 3.63) is 30.3 Å². The molecule has 0 N–H and O–H groups in total. The maximum Gasteiger partial charge on any atom is 3.00 e. The van der Waals surface area contributed by atoms with E-state index in [0.29, 0.717) is 0 Å². The van der Waals surface area contributed by atoms with Crippen LogP contribution in [0.5, 0.6) is 0 Å². The summed E-state index contributed by atoms with van der Waals surface area (Å²) in [4.78, 5) is 24.0. The predicted molar refractivity (Wildman–Crippen MR) is 27.5 cm³/mol. The topological polar surface area (TPSA) is 157 Å². The Labute approximate surface area is 79.1 Å². The average Bonchev–Trinajstić information content (AvgIpc) is 1.70. The minimum atomic E-state index is 0. The smallest absolute Gasteiger partial charge is 0.444 e. The van der Waals surface area contributed by atoms with Crippen molar-refractivity contribution in [3.8, 4) is 0 Å². The van der Waals surface area contributed by atoms with Crippen molar-refractivity contribution in [1.29, 1.82) is 0 Å². The first-order valence-corrected chi connectivity index (χ1v) is 1.10.